The molecule has 2 saturated carbocycles. The Balaban J connectivity index is 1.59. The SMILES string of the molecule is CC(Oc1cccc(Cl)c1)c1nc2cc(F)c(Cl)cc2n1C(C(=O)NC1CCCCC1)C1CCCCC1. The average molecular weight is 547 g/mol. The van der Waals surface area contributed by atoms with Crippen molar-refractivity contribution in [2.45, 2.75) is 89.3 Å². The Kier molecular flexibility index (Phi) is 8.25. The summed E-state index contributed by atoms with van der Waals surface area (Å²) in [5.41, 5.74) is 1.11. The van der Waals surface area contributed by atoms with Crippen molar-refractivity contribution in [3.63, 3.8) is 0 Å². The summed E-state index contributed by atoms with van der Waals surface area (Å²) >= 11 is 12.4. The molecule has 37 heavy (non-hydrogen) atoms. The third kappa shape index (κ3) is 5.91. The summed E-state index contributed by atoms with van der Waals surface area (Å²) in [4.78, 5) is 18.9. The van der Waals surface area contributed by atoms with Gasteiger partial charge in [0, 0.05) is 17.1 Å². The molecule has 5 rings (SSSR count). The average Bonchev–Trinajstić information content (AvgIpc) is 3.23. The number of aromatic nitrogens is 2. The Morgan fingerprint density at radius 2 is 1.76 bits per heavy atom. The summed E-state index contributed by atoms with van der Waals surface area (Å²) in [6, 6.07) is 9.84. The quantitative estimate of drug-likeness (QED) is 0.325. The second-order valence-electron chi connectivity index (χ2n) is 10.5. The monoisotopic (exact) mass is 545 g/mol. The maximum atomic E-state index is 14.5. The van der Waals surface area contributed by atoms with Gasteiger partial charge in [0.1, 0.15) is 17.6 Å². The molecule has 0 spiro atoms. The zero-order valence-electron chi connectivity index (χ0n) is 21.2. The maximum Gasteiger partial charge on any atom is 0.243 e. The maximum absolute atomic E-state index is 14.5. The molecule has 2 aliphatic carbocycles. The Bertz CT molecular complexity index is 1250. The Morgan fingerprint density at radius 3 is 2.46 bits per heavy atom. The van der Waals surface area contributed by atoms with Gasteiger partial charge in [-0.2, -0.15) is 0 Å². The van der Waals surface area contributed by atoms with Crippen molar-refractivity contribution < 1.29 is 13.9 Å². The molecule has 2 atom stereocenters. The van der Waals surface area contributed by atoms with Gasteiger partial charge >= 0.3 is 0 Å². The van der Waals surface area contributed by atoms with Crippen molar-refractivity contribution in [3.8, 4) is 5.75 Å². The first-order valence-electron chi connectivity index (χ1n) is 13.5. The van der Waals surface area contributed by atoms with E-state index in [9.17, 15) is 9.18 Å². The van der Waals surface area contributed by atoms with E-state index < -0.39 is 18.0 Å². The van der Waals surface area contributed by atoms with E-state index in [0.29, 0.717) is 27.6 Å². The van der Waals surface area contributed by atoms with Crippen LogP contribution in [0.4, 0.5) is 4.39 Å². The highest BCUT2D eigenvalue weighted by Gasteiger charge is 2.36. The minimum atomic E-state index is -0.533. The molecule has 2 fully saturated rings. The van der Waals surface area contributed by atoms with Crippen molar-refractivity contribution in [2.75, 3.05) is 0 Å². The van der Waals surface area contributed by atoms with E-state index >= 15 is 0 Å². The van der Waals surface area contributed by atoms with Crippen LogP contribution in [-0.2, 0) is 4.79 Å². The molecule has 5 nitrogen and oxygen atoms in total. The highest BCUT2D eigenvalue weighted by Crippen LogP contribution is 2.39. The summed E-state index contributed by atoms with van der Waals surface area (Å²) in [7, 11) is 0. The van der Waals surface area contributed by atoms with Gasteiger partial charge in [-0.1, -0.05) is 67.8 Å². The Hall–Kier alpha value is -2.31. The molecule has 0 saturated heterocycles. The fraction of sp³-hybridized carbons (Fsp3) is 0.517. The van der Waals surface area contributed by atoms with Crippen LogP contribution in [0.1, 0.15) is 89.1 Å². The van der Waals surface area contributed by atoms with E-state index in [2.05, 4.69) is 5.32 Å². The van der Waals surface area contributed by atoms with Crippen molar-refractivity contribution in [2.24, 2.45) is 5.92 Å². The van der Waals surface area contributed by atoms with E-state index in [-0.39, 0.29) is 22.9 Å². The number of fused-ring (bicyclic) bond motifs is 1. The molecule has 1 heterocycles. The predicted octanol–water partition coefficient (Wildman–Crippen LogP) is 8.19. The summed E-state index contributed by atoms with van der Waals surface area (Å²) in [6.07, 6.45) is 10.3. The molecule has 1 N–H and O–H groups in total. The molecule has 2 aliphatic rings. The summed E-state index contributed by atoms with van der Waals surface area (Å²) in [6.45, 7) is 1.90. The van der Waals surface area contributed by atoms with Crippen LogP contribution in [0.15, 0.2) is 36.4 Å². The van der Waals surface area contributed by atoms with Crippen LogP contribution < -0.4 is 10.1 Å². The normalized spacial score (nSPS) is 19.0. The first-order valence-corrected chi connectivity index (χ1v) is 14.3. The highest BCUT2D eigenvalue weighted by molar-refractivity contribution is 6.31. The highest BCUT2D eigenvalue weighted by atomic mass is 35.5. The minimum absolute atomic E-state index is 0.00903. The number of halogens is 3. The van der Waals surface area contributed by atoms with Crippen LogP contribution >= 0.6 is 23.2 Å². The van der Waals surface area contributed by atoms with Gasteiger partial charge in [-0.25, -0.2) is 9.37 Å². The molecular formula is C29H34Cl2FN3O2. The Morgan fingerprint density at radius 1 is 1.05 bits per heavy atom. The summed E-state index contributed by atoms with van der Waals surface area (Å²) < 4.78 is 22.7. The zero-order valence-corrected chi connectivity index (χ0v) is 22.7. The van der Waals surface area contributed by atoms with Gasteiger partial charge < -0.3 is 14.6 Å². The van der Waals surface area contributed by atoms with Gasteiger partial charge in [0.15, 0.2) is 11.9 Å². The van der Waals surface area contributed by atoms with Gasteiger partial charge in [-0.3, -0.25) is 4.79 Å². The fourth-order valence-electron chi connectivity index (χ4n) is 6.01. The summed E-state index contributed by atoms with van der Waals surface area (Å²) in [5.74, 6) is 0.801. The van der Waals surface area contributed by atoms with Crippen LogP contribution in [0, 0.1) is 11.7 Å². The molecule has 1 aromatic heterocycles. The topological polar surface area (TPSA) is 56.2 Å². The molecule has 0 bridgehead atoms. The molecule has 0 aliphatic heterocycles. The molecule has 198 valence electrons. The first kappa shape index (κ1) is 26.3. The number of rotatable bonds is 7. The molecule has 8 heteroatoms. The third-order valence-corrected chi connectivity index (χ3v) is 8.35. The molecule has 0 radical (unpaired) electrons. The van der Waals surface area contributed by atoms with Crippen LogP contribution in [0.2, 0.25) is 10.0 Å². The van der Waals surface area contributed by atoms with Crippen molar-refractivity contribution in [1.29, 1.82) is 0 Å². The predicted molar refractivity (Wildman–Crippen MR) is 146 cm³/mol. The number of imidazole rings is 1. The fourth-order valence-corrected chi connectivity index (χ4v) is 6.35. The van der Waals surface area contributed by atoms with E-state index in [1.807, 2.05) is 23.6 Å². The molecule has 3 aromatic rings. The molecular weight excluding hydrogens is 512 g/mol. The van der Waals surface area contributed by atoms with E-state index in [1.165, 1.54) is 18.9 Å². The van der Waals surface area contributed by atoms with Gasteiger partial charge in [0.05, 0.1) is 16.1 Å². The Labute approximate surface area is 227 Å². The van der Waals surface area contributed by atoms with Crippen LogP contribution in [-0.4, -0.2) is 21.5 Å². The van der Waals surface area contributed by atoms with Crippen molar-refractivity contribution >= 4 is 40.1 Å². The van der Waals surface area contributed by atoms with Gasteiger partial charge in [0.2, 0.25) is 5.91 Å². The van der Waals surface area contributed by atoms with E-state index in [1.54, 1.807) is 18.2 Å². The van der Waals surface area contributed by atoms with E-state index in [0.717, 1.165) is 51.4 Å². The lowest BCUT2D eigenvalue weighted by atomic mass is 9.82. The number of hydrogen-bond donors (Lipinski definition) is 1. The first-order chi connectivity index (χ1) is 17.9. The van der Waals surface area contributed by atoms with E-state index in [4.69, 9.17) is 32.9 Å². The van der Waals surface area contributed by atoms with Crippen LogP contribution in [0.3, 0.4) is 0 Å². The lowest BCUT2D eigenvalue weighted by Gasteiger charge is -2.34. The minimum Gasteiger partial charge on any atom is -0.483 e. The molecule has 2 aromatic carbocycles. The lowest BCUT2D eigenvalue weighted by molar-refractivity contribution is -0.127. The van der Waals surface area contributed by atoms with Crippen molar-refractivity contribution in [3.05, 3.63) is 58.1 Å². The van der Waals surface area contributed by atoms with Crippen LogP contribution in [0.25, 0.3) is 11.0 Å². The largest absolute Gasteiger partial charge is 0.483 e. The number of ether oxygens (including phenoxy) is 1. The lowest BCUT2D eigenvalue weighted by Crippen LogP contribution is -2.44. The second kappa shape index (κ2) is 11.6. The van der Waals surface area contributed by atoms with Gasteiger partial charge in [-0.05, 0) is 62.8 Å². The number of carbonyl (C=O) groups excluding carboxylic acids is 1. The van der Waals surface area contributed by atoms with Gasteiger partial charge in [-0.15, -0.1) is 0 Å². The standard InChI is InChI=1S/C29H34Cl2FN3O2/c1-18(37-22-14-8-11-20(30)15-22)28-34-25-17-24(32)23(31)16-26(25)35(28)27(19-9-4-2-5-10-19)29(36)33-21-12-6-3-7-13-21/h8,11,14-19,21,27H,2-7,9-10,12-13H2,1H3,(H,33,36). The molecule has 1 amide bonds. The number of nitrogens with zero attached hydrogens (tertiary/aromatic N) is 2. The second-order valence-corrected chi connectivity index (χ2v) is 11.3. The smallest absolute Gasteiger partial charge is 0.243 e. The number of nitrogens with one attached hydrogen (secondary N) is 1. The number of amides is 1. The summed E-state index contributed by atoms with van der Waals surface area (Å²) in [5, 5.41) is 3.95. The third-order valence-electron chi connectivity index (χ3n) is 7.83. The molecule has 2 unspecified atom stereocenters. The number of benzene rings is 2. The van der Waals surface area contributed by atoms with Crippen LogP contribution in [0.5, 0.6) is 5.75 Å². The number of carbonyl (C=O) groups is 1. The van der Waals surface area contributed by atoms with Crippen molar-refractivity contribution in [1.82, 2.24) is 14.9 Å². The number of hydrogen-bond acceptors (Lipinski definition) is 3. The van der Waals surface area contributed by atoms with Gasteiger partial charge in [0.25, 0.3) is 0 Å². The zero-order chi connectivity index (χ0) is 25.9.